The lowest BCUT2D eigenvalue weighted by Crippen LogP contribution is -2.63. The Bertz CT molecular complexity index is 1840. The van der Waals surface area contributed by atoms with Gasteiger partial charge in [-0.2, -0.15) is 0 Å². The second-order valence-corrected chi connectivity index (χ2v) is 15.0. The van der Waals surface area contributed by atoms with E-state index in [0.717, 1.165) is 28.7 Å². The highest BCUT2D eigenvalue weighted by molar-refractivity contribution is 6.06. The van der Waals surface area contributed by atoms with Crippen LogP contribution < -0.4 is 9.80 Å². The first kappa shape index (κ1) is 30.8. The standard InChI is InChI=1S/C43H46N4/c1-40(2)41(3,4)47-39(44-40)46(42(5,6)43(47,7)8)38-22-16-15-21-37(38)45(35-27-23-33(24-28-35)31-17-11-9-12-18-31)36-29-25-34(26-30-36)32-19-13-10-14-20-32/h9-30H,1-8H3. The van der Waals surface area contributed by atoms with E-state index in [1.165, 1.54) is 22.3 Å². The number of guanidine groups is 1. The van der Waals surface area contributed by atoms with Gasteiger partial charge in [0.15, 0.2) is 0 Å². The predicted molar refractivity (Wildman–Crippen MR) is 200 cm³/mol. The summed E-state index contributed by atoms with van der Waals surface area (Å²) in [6.45, 7) is 18.7. The van der Waals surface area contributed by atoms with Crippen LogP contribution in [-0.4, -0.2) is 33.0 Å². The summed E-state index contributed by atoms with van der Waals surface area (Å²) in [5.74, 6) is 1.04. The van der Waals surface area contributed by atoms with Gasteiger partial charge in [0.05, 0.1) is 33.5 Å². The van der Waals surface area contributed by atoms with E-state index >= 15 is 0 Å². The molecule has 5 aromatic carbocycles. The normalized spacial score (nSPS) is 18.5. The molecule has 0 radical (unpaired) electrons. The van der Waals surface area contributed by atoms with Crippen LogP contribution in [0.5, 0.6) is 0 Å². The van der Waals surface area contributed by atoms with Crippen LogP contribution in [0.25, 0.3) is 22.3 Å². The fraction of sp³-hybridized carbons (Fsp3) is 0.279. The Morgan fingerprint density at radius 3 is 1.36 bits per heavy atom. The third-order valence-corrected chi connectivity index (χ3v) is 11.3. The monoisotopic (exact) mass is 618 g/mol. The molecule has 238 valence electrons. The molecule has 0 spiro atoms. The average molecular weight is 619 g/mol. The van der Waals surface area contributed by atoms with Crippen LogP contribution in [0.4, 0.5) is 22.7 Å². The Morgan fingerprint density at radius 1 is 0.447 bits per heavy atom. The van der Waals surface area contributed by atoms with Crippen molar-refractivity contribution in [3.8, 4) is 22.3 Å². The summed E-state index contributed by atoms with van der Waals surface area (Å²) >= 11 is 0. The van der Waals surface area contributed by atoms with Crippen LogP contribution in [-0.2, 0) is 0 Å². The molecule has 2 aliphatic heterocycles. The summed E-state index contributed by atoms with van der Waals surface area (Å²) in [6.07, 6.45) is 0. The van der Waals surface area contributed by atoms with Gasteiger partial charge in [-0.1, -0.05) is 97.1 Å². The summed E-state index contributed by atoms with van der Waals surface area (Å²) in [6, 6.07) is 47.9. The first-order valence-corrected chi connectivity index (χ1v) is 16.8. The highest BCUT2D eigenvalue weighted by Crippen LogP contribution is 2.55. The fourth-order valence-electron chi connectivity index (χ4n) is 7.40. The Morgan fingerprint density at radius 2 is 0.872 bits per heavy atom. The van der Waals surface area contributed by atoms with Crippen molar-refractivity contribution in [3.05, 3.63) is 133 Å². The molecule has 0 unspecified atom stereocenters. The molecule has 5 aromatic rings. The Hall–Kier alpha value is -4.83. The van der Waals surface area contributed by atoms with Gasteiger partial charge < -0.3 is 14.7 Å². The number of fused-ring (bicyclic) bond motifs is 1. The first-order valence-electron chi connectivity index (χ1n) is 16.8. The highest BCUT2D eigenvalue weighted by Gasteiger charge is 2.66. The maximum Gasteiger partial charge on any atom is 0.203 e. The van der Waals surface area contributed by atoms with E-state index in [2.05, 4.69) is 204 Å². The van der Waals surface area contributed by atoms with E-state index in [-0.39, 0.29) is 22.2 Å². The zero-order valence-electron chi connectivity index (χ0n) is 29.0. The topological polar surface area (TPSA) is 22.1 Å². The van der Waals surface area contributed by atoms with Crippen molar-refractivity contribution < 1.29 is 0 Å². The third kappa shape index (κ3) is 4.76. The molecule has 1 fully saturated rings. The zero-order valence-corrected chi connectivity index (χ0v) is 29.0. The molecule has 7 rings (SSSR count). The van der Waals surface area contributed by atoms with Crippen LogP contribution in [0.3, 0.4) is 0 Å². The van der Waals surface area contributed by atoms with Crippen LogP contribution in [0.15, 0.2) is 138 Å². The van der Waals surface area contributed by atoms with Crippen LogP contribution in [0, 0.1) is 0 Å². The summed E-state index contributed by atoms with van der Waals surface area (Å²) in [7, 11) is 0. The Balaban J connectivity index is 1.40. The summed E-state index contributed by atoms with van der Waals surface area (Å²) in [4.78, 5) is 12.9. The van der Waals surface area contributed by atoms with Crippen molar-refractivity contribution in [2.45, 2.75) is 77.5 Å². The van der Waals surface area contributed by atoms with E-state index in [9.17, 15) is 0 Å². The van der Waals surface area contributed by atoms with Crippen LogP contribution in [0.2, 0.25) is 0 Å². The van der Waals surface area contributed by atoms with E-state index in [1.54, 1.807) is 0 Å². The summed E-state index contributed by atoms with van der Waals surface area (Å²) in [5.41, 5.74) is 8.44. The molecule has 0 amide bonds. The maximum atomic E-state index is 5.47. The number of benzene rings is 5. The minimum atomic E-state index is -0.254. The van der Waals surface area contributed by atoms with E-state index in [1.807, 2.05) is 0 Å². The second kappa shape index (κ2) is 10.9. The molecule has 2 heterocycles. The fourth-order valence-corrected chi connectivity index (χ4v) is 7.40. The molecule has 0 aliphatic carbocycles. The van der Waals surface area contributed by atoms with Crippen LogP contribution >= 0.6 is 0 Å². The van der Waals surface area contributed by atoms with E-state index in [0.29, 0.717) is 0 Å². The lowest BCUT2D eigenvalue weighted by molar-refractivity contribution is 0.0529. The second-order valence-electron chi connectivity index (χ2n) is 15.0. The number of hydrogen-bond donors (Lipinski definition) is 0. The average Bonchev–Trinajstić information content (AvgIpc) is 3.35. The van der Waals surface area contributed by atoms with Gasteiger partial charge in [0.25, 0.3) is 0 Å². The van der Waals surface area contributed by atoms with Crippen molar-refractivity contribution in [1.82, 2.24) is 4.90 Å². The molecular weight excluding hydrogens is 573 g/mol. The number of hydrogen-bond acceptors (Lipinski definition) is 4. The zero-order chi connectivity index (χ0) is 33.2. The van der Waals surface area contributed by atoms with E-state index in [4.69, 9.17) is 4.99 Å². The molecule has 4 nitrogen and oxygen atoms in total. The van der Waals surface area contributed by atoms with Crippen LogP contribution in [0.1, 0.15) is 55.4 Å². The number of rotatable bonds is 6. The first-order chi connectivity index (χ1) is 22.3. The van der Waals surface area contributed by atoms with Crippen molar-refractivity contribution in [2.75, 3.05) is 9.80 Å². The molecule has 0 bridgehead atoms. The van der Waals surface area contributed by atoms with Crippen molar-refractivity contribution in [2.24, 2.45) is 4.99 Å². The van der Waals surface area contributed by atoms with Gasteiger partial charge in [-0.05, 0) is 114 Å². The molecule has 0 aromatic heterocycles. The molecular formula is C43H46N4. The summed E-state index contributed by atoms with van der Waals surface area (Å²) < 4.78 is 0. The molecule has 47 heavy (non-hydrogen) atoms. The highest BCUT2D eigenvalue weighted by atomic mass is 15.6. The Labute approximate surface area is 281 Å². The molecule has 1 saturated heterocycles. The van der Waals surface area contributed by atoms with Crippen molar-refractivity contribution >= 4 is 28.7 Å². The van der Waals surface area contributed by atoms with Crippen molar-refractivity contribution in [3.63, 3.8) is 0 Å². The molecule has 4 heteroatoms. The van der Waals surface area contributed by atoms with E-state index < -0.39 is 0 Å². The number of nitrogens with zero attached hydrogens (tertiary/aromatic N) is 4. The molecule has 0 N–H and O–H groups in total. The van der Waals surface area contributed by atoms with Gasteiger partial charge in [0.1, 0.15) is 0 Å². The number of para-hydroxylation sites is 2. The minimum Gasteiger partial charge on any atom is -0.327 e. The van der Waals surface area contributed by atoms with Gasteiger partial charge >= 0.3 is 0 Å². The minimum absolute atomic E-state index is 0.160. The molecule has 0 saturated carbocycles. The number of aliphatic imine (C=N–C) groups is 1. The largest absolute Gasteiger partial charge is 0.327 e. The Kier molecular flexibility index (Phi) is 7.13. The quantitative estimate of drug-likeness (QED) is 0.189. The molecule has 2 aliphatic rings. The lowest BCUT2D eigenvalue weighted by Gasteiger charge is -2.50. The molecule has 0 atom stereocenters. The third-order valence-electron chi connectivity index (χ3n) is 11.3. The predicted octanol–water partition coefficient (Wildman–Crippen LogP) is 11.1. The van der Waals surface area contributed by atoms with Gasteiger partial charge in [0, 0.05) is 11.4 Å². The van der Waals surface area contributed by atoms with Gasteiger partial charge in [-0.3, -0.25) is 0 Å². The summed E-state index contributed by atoms with van der Waals surface area (Å²) in [5, 5.41) is 0. The smallest absolute Gasteiger partial charge is 0.203 e. The number of anilines is 4. The van der Waals surface area contributed by atoms with Crippen molar-refractivity contribution in [1.29, 1.82) is 0 Å². The van der Waals surface area contributed by atoms with Gasteiger partial charge in [-0.15, -0.1) is 0 Å². The van der Waals surface area contributed by atoms with Gasteiger partial charge in [0.2, 0.25) is 5.96 Å². The SMILES string of the molecule is CC1(C)N=C2N(c3ccccc3N(c3ccc(-c4ccccc4)cc3)c3ccc(-c4ccccc4)cc3)C(C)(C)C(C)(C)N2C1(C)C. The lowest BCUT2D eigenvalue weighted by atomic mass is 9.76. The van der Waals surface area contributed by atoms with Gasteiger partial charge in [-0.25, -0.2) is 4.99 Å². The maximum absolute atomic E-state index is 5.47.